The molecule has 0 bridgehead atoms. The molecule has 1 aromatic carbocycles. The number of hydrogen-bond donors (Lipinski definition) is 2. The minimum absolute atomic E-state index is 0.316. The Balaban J connectivity index is 1.96. The van der Waals surface area contributed by atoms with Gasteiger partial charge in [-0.25, -0.2) is 0 Å². The third kappa shape index (κ3) is 3.55. The highest BCUT2D eigenvalue weighted by Gasteiger charge is 2.22. The van der Waals surface area contributed by atoms with Gasteiger partial charge in [0.2, 0.25) is 0 Å². The van der Waals surface area contributed by atoms with Gasteiger partial charge in [0.1, 0.15) is 0 Å². The van der Waals surface area contributed by atoms with E-state index in [9.17, 15) is 0 Å². The molecule has 1 saturated carbocycles. The number of nitrogens with two attached hydrogens (primary N) is 1. The van der Waals surface area contributed by atoms with Crippen molar-refractivity contribution in [3.05, 3.63) is 35.4 Å². The molecule has 0 aliphatic heterocycles. The van der Waals surface area contributed by atoms with Gasteiger partial charge in [0.05, 0.1) is 0 Å². The SMILES string of the molecule is CC(C)c1ccc(C(CN)NCC2CC2)cc1. The molecule has 1 fully saturated rings. The zero-order valence-corrected chi connectivity index (χ0v) is 10.9. The zero-order valence-electron chi connectivity index (χ0n) is 10.9. The van der Waals surface area contributed by atoms with Crippen LogP contribution in [-0.4, -0.2) is 13.1 Å². The lowest BCUT2D eigenvalue weighted by Crippen LogP contribution is -2.29. The fraction of sp³-hybridized carbons (Fsp3) is 0.600. The van der Waals surface area contributed by atoms with Crippen LogP contribution in [0.2, 0.25) is 0 Å². The maximum Gasteiger partial charge on any atom is 0.0444 e. The second kappa shape index (κ2) is 5.65. The smallest absolute Gasteiger partial charge is 0.0444 e. The maximum absolute atomic E-state index is 5.85. The first kappa shape index (κ1) is 12.6. The van der Waals surface area contributed by atoms with E-state index in [1.54, 1.807) is 0 Å². The van der Waals surface area contributed by atoms with Gasteiger partial charge in [0.25, 0.3) is 0 Å². The summed E-state index contributed by atoms with van der Waals surface area (Å²) in [6.45, 7) is 6.24. The lowest BCUT2D eigenvalue weighted by molar-refractivity contribution is 0.522. The molecule has 0 aromatic heterocycles. The number of benzene rings is 1. The molecule has 94 valence electrons. The molecule has 0 amide bonds. The molecule has 2 rings (SSSR count). The maximum atomic E-state index is 5.85. The normalized spacial score (nSPS) is 17.4. The van der Waals surface area contributed by atoms with Crippen molar-refractivity contribution < 1.29 is 0 Å². The van der Waals surface area contributed by atoms with Crippen molar-refractivity contribution in [2.75, 3.05) is 13.1 Å². The number of hydrogen-bond acceptors (Lipinski definition) is 2. The topological polar surface area (TPSA) is 38.0 Å². The highest BCUT2D eigenvalue weighted by atomic mass is 14.9. The summed E-state index contributed by atoms with van der Waals surface area (Å²) in [4.78, 5) is 0. The summed E-state index contributed by atoms with van der Waals surface area (Å²) >= 11 is 0. The van der Waals surface area contributed by atoms with Gasteiger partial charge in [-0.1, -0.05) is 38.1 Å². The van der Waals surface area contributed by atoms with E-state index in [-0.39, 0.29) is 0 Å². The number of nitrogens with one attached hydrogen (secondary N) is 1. The van der Waals surface area contributed by atoms with Crippen LogP contribution in [0, 0.1) is 5.92 Å². The molecule has 1 atom stereocenters. The Kier molecular flexibility index (Phi) is 4.19. The molecule has 0 radical (unpaired) electrons. The summed E-state index contributed by atoms with van der Waals surface area (Å²) in [6, 6.07) is 9.19. The van der Waals surface area contributed by atoms with E-state index in [1.807, 2.05) is 0 Å². The lowest BCUT2D eigenvalue weighted by atomic mass is 9.99. The molecule has 1 aliphatic rings. The average Bonchev–Trinajstić information content (AvgIpc) is 3.14. The van der Waals surface area contributed by atoms with E-state index < -0.39 is 0 Å². The Bertz CT molecular complexity index is 338. The monoisotopic (exact) mass is 232 g/mol. The molecule has 1 unspecified atom stereocenters. The van der Waals surface area contributed by atoms with Crippen LogP contribution in [0.25, 0.3) is 0 Å². The third-order valence-electron chi connectivity index (χ3n) is 3.59. The molecule has 0 spiro atoms. The van der Waals surface area contributed by atoms with Crippen molar-refractivity contribution in [2.24, 2.45) is 11.7 Å². The first-order valence-corrected chi connectivity index (χ1v) is 6.74. The molecule has 2 heteroatoms. The van der Waals surface area contributed by atoms with Crippen LogP contribution >= 0.6 is 0 Å². The first-order chi connectivity index (χ1) is 8.20. The molecule has 1 aromatic rings. The van der Waals surface area contributed by atoms with Gasteiger partial charge < -0.3 is 11.1 Å². The van der Waals surface area contributed by atoms with Gasteiger partial charge in [0, 0.05) is 12.6 Å². The first-order valence-electron chi connectivity index (χ1n) is 6.74. The summed E-state index contributed by atoms with van der Waals surface area (Å²) < 4.78 is 0. The quantitative estimate of drug-likeness (QED) is 0.791. The van der Waals surface area contributed by atoms with E-state index in [1.165, 1.54) is 24.0 Å². The predicted molar refractivity (Wildman–Crippen MR) is 73.1 cm³/mol. The molecule has 1 aliphatic carbocycles. The zero-order chi connectivity index (χ0) is 12.3. The predicted octanol–water partition coefficient (Wildman–Crippen LogP) is 2.81. The van der Waals surface area contributed by atoms with Gasteiger partial charge in [-0.05, 0) is 42.3 Å². The molecule has 17 heavy (non-hydrogen) atoms. The van der Waals surface area contributed by atoms with E-state index in [0.29, 0.717) is 18.5 Å². The van der Waals surface area contributed by atoms with Crippen LogP contribution in [0.3, 0.4) is 0 Å². The molecule has 0 saturated heterocycles. The molecular weight excluding hydrogens is 208 g/mol. The highest BCUT2D eigenvalue weighted by molar-refractivity contribution is 5.27. The van der Waals surface area contributed by atoms with Crippen LogP contribution < -0.4 is 11.1 Å². The second-order valence-corrected chi connectivity index (χ2v) is 5.46. The van der Waals surface area contributed by atoms with Gasteiger partial charge in [-0.2, -0.15) is 0 Å². The van der Waals surface area contributed by atoms with Gasteiger partial charge in [0.15, 0.2) is 0 Å². The molecule has 2 nitrogen and oxygen atoms in total. The molecular formula is C15H24N2. The Hall–Kier alpha value is -0.860. The molecule has 0 heterocycles. The number of rotatable bonds is 6. The Labute approximate surface area is 105 Å². The fourth-order valence-electron chi connectivity index (χ4n) is 2.08. The second-order valence-electron chi connectivity index (χ2n) is 5.46. The van der Waals surface area contributed by atoms with E-state index in [2.05, 4.69) is 43.4 Å². The van der Waals surface area contributed by atoms with Crippen LogP contribution in [0.4, 0.5) is 0 Å². The summed E-state index contributed by atoms with van der Waals surface area (Å²) in [6.07, 6.45) is 2.77. The van der Waals surface area contributed by atoms with Crippen LogP contribution in [-0.2, 0) is 0 Å². The van der Waals surface area contributed by atoms with Gasteiger partial charge in [-0.3, -0.25) is 0 Å². The minimum atomic E-state index is 0.316. The van der Waals surface area contributed by atoms with E-state index >= 15 is 0 Å². The van der Waals surface area contributed by atoms with Crippen LogP contribution in [0.5, 0.6) is 0 Å². The summed E-state index contributed by atoms with van der Waals surface area (Å²) in [5, 5.41) is 3.57. The average molecular weight is 232 g/mol. The Morgan fingerprint density at radius 2 is 1.76 bits per heavy atom. The van der Waals surface area contributed by atoms with Crippen molar-refractivity contribution in [2.45, 2.75) is 38.6 Å². The fourth-order valence-corrected chi connectivity index (χ4v) is 2.08. The van der Waals surface area contributed by atoms with Crippen molar-refractivity contribution in [1.29, 1.82) is 0 Å². The molecule has 3 N–H and O–H groups in total. The standard InChI is InChI=1S/C15H24N2/c1-11(2)13-5-7-14(8-6-13)15(9-16)17-10-12-3-4-12/h5-8,11-12,15,17H,3-4,9-10,16H2,1-2H3. The van der Waals surface area contributed by atoms with Gasteiger partial charge in [-0.15, -0.1) is 0 Å². The Morgan fingerprint density at radius 3 is 2.24 bits per heavy atom. The van der Waals surface area contributed by atoms with Gasteiger partial charge >= 0.3 is 0 Å². The van der Waals surface area contributed by atoms with Crippen LogP contribution in [0.15, 0.2) is 24.3 Å². The van der Waals surface area contributed by atoms with Crippen molar-refractivity contribution in [3.63, 3.8) is 0 Å². The van der Waals surface area contributed by atoms with Crippen molar-refractivity contribution in [3.8, 4) is 0 Å². The minimum Gasteiger partial charge on any atom is -0.329 e. The van der Waals surface area contributed by atoms with Crippen molar-refractivity contribution >= 4 is 0 Å². The summed E-state index contributed by atoms with van der Waals surface area (Å²) in [5.41, 5.74) is 8.56. The lowest BCUT2D eigenvalue weighted by Gasteiger charge is -2.18. The summed E-state index contributed by atoms with van der Waals surface area (Å²) in [5.74, 6) is 1.50. The third-order valence-corrected chi connectivity index (χ3v) is 3.59. The van der Waals surface area contributed by atoms with Crippen LogP contribution in [0.1, 0.15) is 49.8 Å². The Morgan fingerprint density at radius 1 is 1.18 bits per heavy atom. The van der Waals surface area contributed by atoms with E-state index in [4.69, 9.17) is 5.73 Å². The summed E-state index contributed by atoms with van der Waals surface area (Å²) in [7, 11) is 0. The largest absolute Gasteiger partial charge is 0.329 e. The van der Waals surface area contributed by atoms with Crippen molar-refractivity contribution in [1.82, 2.24) is 5.32 Å². The van der Waals surface area contributed by atoms with E-state index in [0.717, 1.165) is 12.5 Å². The highest BCUT2D eigenvalue weighted by Crippen LogP contribution is 2.28.